The maximum Gasteiger partial charge on any atom is 0.221 e. The van der Waals surface area contributed by atoms with Crippen molar-refractivity contribution in [1.82, 2.24) is 0 Å². The Hall–Kier alpha value is -0.426. The zero-order valence-electron chi connectivity index (χ0n) is 12.5. The Morgan fingerprint density at radius 3 is 2.70 bits per heavy atom. The molecular formula is C16H25O2Si2. The maximum atomic E-state index is 6.29. The Labute approximate surface area is 125 Å². The first-order chi connectivity index (χ1) is 9.78. The molecule has 0 N–H and O–H groups in total. The normalized spacial score (nSPS) is 28.4. The van der Waals surface area contributed by atoms with Crippen molar-refractivity contribution >= 4 is 22.5 Å². The van der Waals surface area contributed by atoms with Crippen molar-refractivity contribution in [2.45, 2.75) is 50.4 Å². The summed E-state index contributed by atoms with van der Waals surface area (Å²) in [5.74, 6) is 0. The van der Waals surface area contributed by atoms with Crippen LogP contribution in [0.1, 0.15) is 31.2 Å². The lowest BCUT2D eigenvalue weighted by Gasteiger charge is -2.34. The molecule has 1 aromatic carbocycles. The predicted octanol–water partition coefficient (Wildman–Crippen LogP) is 3.16. The quantitative estimate of drug-likeness (QED) is 0.799. The second-order valence-electron chi connectivity index (χ2n) is 6.21. The molecule has 3 rings (SSSR count). The summed E-state index contributed by atoms with van der Waals surface area (Å²) in [7, 11) is -2.30. The molecule has 1 unspecified atom stereocenters. The minimum atomic E-state index is -1.68. The topological polar surface area (TPSA) is 18.5 Å². The average Bonchev–Trinajstić information content (AvgIpc) is 2.49. The molecule has 1 aromatic rings. The first kappa shape index (κ1) is 14.5. The summed E-state index contributed by atoms with van der Waals surface area (Å²) in [6.07, 6.45) is 5.20. The van der Waals surface area contributed by atoms with Crippen LogP contribution >= 0.6 is 0 Å². The Morgan fingerprint density at radius 1 is 1.10 bits per heavy atom. The Bertz CT molecular complexity index is 438. The third-order valence-corrected chi connectivity index (χ3v) is 10.7. The fraction of sp³-hybridized carbons (Fsp3) is 0.625. The molecule has 0 aliphatic carbocycles. The van der Waals surface area contributed by atoms with Crippen molar-refractivity contribution in [2.75, 3.05) is 13.2 Å². The van der Waals surface area contributed by atoms with E-state index in [1.54, 1.807) is 5.19 Å². The molecule has 109 valence electrons. The van der Waals surface area contributed by atoms with Gasteiger partial charge in [-0.1, -0.05) is 37.1 Å². The van der Waals surface area contributed by atoms with Gasteiger partial charge >= 0.3 is 0 Å². The highest BCUT2D eigenvalue weighted by molar-refractivity contribution is 6.86. The summed E-state index contributed by atoms with van der Waals surface area (Å²) < 4.78 is 12.3. The van der Waals surface area contributed by atoms with E-state index in [0.717, 1.165) is 13.2 Å². The number of hydrogen-bond acceptors (Lipinski definition) is 2. The first-order valence-electron chi connectivity index (χ1n) is 7.98. The lowest BCUT2D eigenvalue weighted by Crippen LogP contribution is -2.52. The van der Waals surface area contributed by atoms with Gasteiger partial charge in [0.05, 0.1) is 0 Å². The molecule has 1 radical (unpaired) electrons. The van der Waals surface area contributed by atoms with Gasteiger partial charge in [-0.15, -0.1) is 0 Å². The van der Waals surface area contributed by atoms with Crippen molar-refractivity contribution in [2.24, 2.45) is 0 Å². The minimum Gasteiger partial charge on any atom is -0.416 e. The van der Waals surface area contributed by atoms with E-state index in [4.69, 9.17) is 8.85 Å². The molecule has 2 saturated heterocycles. The monoisotopic (exact) mass is 305 g/mol. The molecule has 2 fully saturated rings. The molecule has 2 heterocycles. The van der Waals surface area contributed by atoms with Crippen molar-refractivity contribution in [3.63, 3.8) is 0 Å². The molecule has 0 aromatic heterocycles. The van der Waals surface area contributed by atoms with Crippen LogP contribution < -0.4 is 5.19 Å². The van der Waals surface area contributed by atoms with Crippen LogP contribution in [0.15, 0.2) is 24.3 Å². The van der Waals surface area contributed by atoms with Crippen molar-refractivity contribution in [3.8, 4) is 0 Å². The van der Waals surface area contributed by atoms with Crippen molar-refractivity contribution in [1.29, 1.82) is 0 Å². The summed E-state index contributed by atoms with van der Waals surface area (Å²) in [5.41, 5.74) is 1.53. The molecular weight excluding hydrogens is 280 g/mol. The second kappa shape index (κ2) is 6.56. The lowest BCUT2D eigenvalue weighted by molar-refractivity contribution is 0.279. The summed E-state index contributed by atoms with van der Waals surface area (Å²) in [6, 6.07) is 12.8. The van der Waals surface area contributed by atoms with E-state index in [1.165, 1.54) is 49.4 Å². The van der Waals surface area contributed by atoms with Gasteiger partial charge in [0.25, 0.3) is 0 Å². The molecule has 0 saturated carbocycles. The van der Waals surface area contributed by atoms with Crippen LogP contribution in [0.2, 0.25) is 18.6 Å². The lowest BCUT2D eigenvalue weighted by atomic mass is 10.2. The van der Waals surface area contributed by atoms with Gasteiger partial charge in [0.1, 0.15) is 0 Å². The van der Waals surface area contributed by atoms with Crippen LogP contribution in [0, 0.1) is 0 Å². The molecule has 2 aliphatic rings. The molecule has 0 amide bonds. The van der Waals surface area contributed by atoms with Crippen LogP contribution in [-0.2, 0) is 14.9 Å². The number of benzene rings is 1. The van der Waals surface area contributed by atoms with Crippen molar-refractivity contribution < 1.29 is 8.85 Å². The fourth-order valence-corrected chi connectivity index (χ4v) is 9.20. The zero-order valence-corrected chi connectivity index (χ0v) is 14.5. The van der Waals surface area contributed by atoms with Gasteiger partial charge < -0.3 is 8.85 Å². The summed E-state index contributed by atoms with van der Waals surface area (Å²) in [5, 5.41) is 1.55. The third-order valence-electron chi connectivity index (χ3n) is 4.60. The molecule has 4 heteroatoms. The van der Waals surface area contributed by atoms with Crippen LogP contribution in [0.3, 0.4) is 0 Å². The van der Waals surface area contributed by atoms with E-state index in [9.17, 15) is 0 Å². The summed E-state index contributed by atoms with van der Waals surface area (Å²) in [4.78, 5) is 0. The second-order valence-corrected chi connectivity index (χ2v) is 12.2. The Morgan fingerprint density at radius 2 is 1.95 bits per heavy atom. The largest absolute Gasteiger partial charge is 0.416 e. The highest BCUT2D eigenvalue weighted by atomic mass is 28.4. The van der Waals surface area contributed by atoms with E-state index in [1.807, 2.05) is 0 Å². The van der Waals surface area contributed by atoms with Gasteiger partial charge in [-0.25, -0.2) is 0 Å². The van der Waals surface area contributed by atoms with E-state index in [2.05, 4.69) is 30.8 Å². The average molecular weight is 306 g/mol. The number of rotatable bonds is 3. The number of hydrogen-bond donors (Lipinski definition) is 0. The summed E-state index contributed by atoms with van der Waals surface area (Å²) >= 11 is 0. The van der Waals surface area contributed by atoms with Crippen LogP contribution in [-0.4, -0.2) is 30.6 Å². The smallest absolute Gasteiger partial charge is 0.221 e. The predicted molar refractivity (Wildman–Crippen MR) is 87.1 cm³/mol. The fourth-order valence-electron chi connectivity index (χ4n) is 3.40. The van der Waals surface area contributed by atoms with E-state index >= 15 is 0 Å². The van der Waals surface area contributed by atoms with Gasteiger partial charge in [-0.2, -0.15) is 0 Å². The molecule has 2 nitrogen and oxygen atoms in total. The van der Waals surface area contributed by atoms with E-state index in [0.29, 0.717) is 0 Å². The first-order valence-corrected chi connectivity index (χ1v) is 12.4. The minimum absolute atomic E-state index is 0.620. The van der Waals surface area contributed by atoms with Gasteiger partial charge in [0.15, 0.2) is 0 Å². The maximum absolute atomic E-state index is 6.29. The molecule has 2 aliphatic heterocycles. The van der Waals surface area contributed by atoms with Gasteiger partial charge in [0.2, 0.25) is 17.4 Å². The highest BCUT2D eigenvalue weighted by Gasteiger charge is 2.35. The zero-order chi connectivity index (χ0) is 13.8. The van der Waals surface area contributed by atoms with E-state index < -0.39 is 17.4 Å². The van der Waals surface area contributed by atoms with Gasteiger partial charge in [-0.05, 0) is 48.3 Å². The van der Waals surface area contributed by atoms with E-state index in [-0.39, 0.29) is 0 Å². The van der Waals surface area contributed by atoms with Crippen molar-refractivity contribution in [3.05, 3.63) is 29.8 Å². The Balaban J connectivity index is 1.80. The third kappa shape index (κ3) is 3.24. The summed E-state index contributed by atoms with van der Waals surface area (Å²) in [6.45, 7) is 4.36. The standard InChI is InChI=1S/C16H25O2Si2/c1-20(13-7-5-11-18-20)16-9-3-2-8-15(16)14-19-12-6-4-10-17-19/h2-3,8-9H,4-7,10-14H2,1H3. The highest BCUT2D eigenvalue weighted by Crippen LogP contribution is 2.24. The molecule has 0 spiro atoms. The molecule has 20 heavy (non-hydrogen) atoms. The van der Waals surface area contributed by atoms with Gasteiger partial charge in [0, 0.05) is 13.2 Å². The SMILES string of the molecule is C[Si]1(c2ccccc2C[Si]2CCCCO2)CCCCO1. The van der Waals surface area contributed by atoms with Gasteiger partial charge in [-0.3, -0.25) is 0 Å². The van der Waals surface area contributed by atoms with Crippen LogP contribution in [0.4, 0.5) is 0 Å². The van der Waals surface area contributed by atoms with Crippen LogP contribution in [0.25, 0.3) is 0 Å². The molecule has 0 bridgehead atoms. The molecule has 1 atom stereocenters. The Kier molecular flexibility index (Phi) is 4.76. The van der Waals surface area contributed by atoms with Crippen LogP contribution in [0.5, 0.6) is 0 Å².